The second-order valence-corrected chi connectivity index (χ2v) is 6.18. The Morgan fingerprint density at radius 3 is 2.56 bits per heavy atom. The van der Waals surface area contributed by atoms with Crippen molar-refractivity contribution in [1.82, 2.24) is 4.90 Å². The van der Waals surface area contributed by atoms with Crippen molar-refractivity contribution in [3.8, 4) is 0 Å². The molecule has 0 aromatic heterocycles. The van der Waals surface area contributed by atoms with Gasteiger partial charge in [0.15, 0.2) is 0 Å². The molecule has 0 amide bonds. The summed E-state index contributed by atoms with van der Waals surface area (Å²) < 4.78 is 0. The van der Waals surface area contributed by atoms with Crippen LogP contribution in [0.1, 0.15) is 25.8 Å². The summed E-state index contributed by atoms with van der Waals surface area (Å²) in [6.45, 7) is 6.69. The lowest BCUT2D eigenvalue weighted by molar-refractivity contribution is 0.124. The maximum Gasteiger partial charge on any atom is 0.0406 e. The minimum Gasteiger partial charge on any atom is -0.327 e. The van der Waals surface area contributed by atoms with Crippen molar-refractivity contribution in [2.45, 2.75) is 38.8 Å². The molecule has 2 atom stereocenters. The van der Waals surface area contributed by atoms with Gasteiger partial charge in [-0.05, 0) is 50.3 Å². The predicted molar refractivity (Wildman–Crippen MR) is 77.9 cm³/mol. The summed E-state index contributed by atoms with van der Waals surface area (Å²) in [4.78, 5) is 2.49. The van der Waals surface area contributed by atoms with E-state index in [9.17, 15) is 0 Å². The average Bonchev–Trinajstić information content (AvgIpc) is 2.31. The normalized spacial score (nSPS) is 25.6. The summed E-state index contributed by atoms with van der Waals surface area (Å²) in [5.41, 5.74) is 7.53. The van der Waals surface area contributed by atoms with Crippen molar-refractivity contribution in [1.29, 1.82) is 0 Å². The molecule has 2 nitrogen and oxygen atoms in total. The van der Waals surface area contributed by atoms with E-state index in [1.807, 2.05) is 12.1 Å². The lowest BCUT2D eigenvalue weighted by Gasteiger charge is -2.38. The number of hydrogen-bond donors (Lipinski definition) is 1. The van der Waals surface area contributed by atoms with Crippen LogP contribution in [-0.4, -0.2) is 30.1 Å². The Morgan fingerprint density at radius 1 is 1.28 bits per heavy atom. The highest BCUT2D eigenvalue weighted by Gasteiger charge is 2.26. The first-order valence-corrected chi connectivity index (χ1v) is 7.16. The molecule has 2 unspecified atom stereocenters. The largest absolute Gasteiger partial charge is 0.327 e. The molecule has 2 rings (SSSR count). The number of halogens is 1. The molecular weight excluding hydrogens is 244 g/mol. The molecule has 0 bridgehead atoms. The van der Waals surface area contributed by atoms with Gasteiger partial charge in [-0.25, -0.2) is 0 Å². The molecule has 0 saturated carbocycles. The zero-order valence-electron chi connectivity index (χ0n) is 11.3. The van der Waals surface area contributed by atoms with E-state index in [4.69, 9.17) is 17.3 Å². The van der Waals surface area contributed by atoms with Gasteiger partial charge in [0.2, 0.25) is 0 Å². The Labute approximate surface area is 115 Å². The van der Waals surface area contributed by atoms with Gasteiger partial charge in [0.25, 0.3) is 0 Å². The van der Waals surface area contributed by atoms with E-state index in [1.165, 1.54) is 5.56 Å². The smallest absolute Gasteiger partial charge is 0.0406 e. The lowest BCUT2D eigenvalue weighted by Crippen LogP contribution is -2.50. The van der Waals surface area contributed by atoms with Gasteiger partial charge in [0.1, 0.15) is 0 Å². The predicted octanol–water partition coefficient (Wildman–Crippen LogP) is 2.94. The zero-order valence-corrected chi connectivity index (χ0v) is 12.0. The van der Waals surface area contributed by atoms with E-state index in [2.05, 4.69) is 30.9 Å². The second kappa shape index (κ2) is 6.05. The number of hydrogen-bond acceptors (Lipinski definition) is 2. The second-order valence-electron chi connectivity index (χ2n) is 5.74. The third kappa shape index (κ3) is 3.71. The molecular formula is C15H23ClN2. The molecule has 100 valence electrons. The maximum atomic E-state index is 6.17. The van der Waals surface area contributed by atoms with E-state index in [0.29, 0.717) is 18.0 Å². The van der Waals surface area contributed by atoms with Gasteiger partial charge in [-0.15, -0.1) is 0 Å². The van der Waals surface area contributed by atoms with Gasteiger partial charge >= 0.3 is 0 Å². The summed E-state index contributed by atoms with van der Waals surface area (Å²) in [7, 11) is 0. The van der Waals surface area contributed by atoms with E-state index in [1.54, 1.807) is 0 Å². The third-order valence-electron chi connectivity index (χ3n) is 3.77. The van der Waals surface area contributed by atoms with Gasteiger partial charge < -0.3 is 5.73 Å². The number of piperidine rings is 1. The molecule has 1 aromatic rings. The van der Waals surface area contributed by atoms with Crippen LogP contribution in [0.15, 0.2) is 24.3 Å². The topological polar surface area (TPSA) is 29.3 Å². The highest BCUT2D eigenvalue weighted by molar-refractivity contribution is 6.30. The number of nitrogens with zero attached hydrogens (tertiary/aromatic N) is 1. The van der Waals surface area contributed by atoms with Crippen LogP contribution in [0.5, 0.6) is 0 Å². The van der Waals surface area contributed by atoms with Crippen molar-refractivity contribution in [2.24, 2.45) is 11.7 Å². The fourth-order valence-electron chi connectivity index (χ4n) is 2.81. The molecule has 1 aliphatic rings. The van der Waals surface area contributed by atoms with Crippen molar-refractivity contribution in [2.75, 3.05) is 13.1 Å². The van der Waals surface area contributed by atoms with E-state index in [0.717, 1.165) is 31.0 Å². The van der Waals surface area contributed by atoms with Crippen LogP contribution in [0.4, 0.5) is 0 Å². The fourth-order valence-corrected chi connectivity index (χ4v) is 2.93. The van der Waals surface area contributed by atoms with Crippen molar-refractivity contribution in [3.63, 3.8) is 0 Å². The van der Waals surface area contributed by atoms with Gasteiger partial charge in [-0.3, -0.25) is 4.90 Å². The Bertz CT molecular complexity index is 375. The van der Waals surface area contributed by atoms with Crippen LogP contribution in [0.25, 0.3) is 0 Å². The molecule has 0 spiro atoms. The van der Waals surface area contributed by atoms with Crippen molar-refractivity contribution >= 4 is 11.6 Å². The Morgan fingerprint density at radius 2 is 1.94 bits per heavy atom. The highest BCUT2D eigenvalue weighted by atomic mass is 35.5. The quantitative estimate of drug-likeness (QED) is 0.912. The molecule has 1 fully saturated rings. The minimum absolute atomic E-state index is 0.318. The molecule has 0 aliphatic carbocycles. The number of rotatable bonds is 3. The van der Waals surface area contributed by atoms with E-state index in [-0.39, 0.29) is 0 Å². The van der Waals surface area contributed by atoms with Crippen LogP contribution < -0.4 is 5.73 Å². The summed E-state index contributed by atoms with van der Waals surface area (Å²) in [5.74, 6) is 0.664. The molecule has 0 radical (unpaired) electrons. The molecule has 1 aromatic carbocycles. The first kappa shape index (κ1) is 13.9. The van der Waals surface area contributed by atoms with Gasteiger partial charge in [0, 0.05) is 30.2 Å². The number of likely N-dealkylation sites (tertiary alicyclic amines) is 1. The SMILES string of the molecule is CC(C)N1CC(N)CC(Cc2ccc(Cl)cc2)C1. The first-order valence-electron chi connectivity index (χ1n) is 6.78. The molecule has 2 N–H and O–H groups in total. The summed E-state index contributed by atoms with van der Waals surface area (Å²) in [5, 5.41) is 0.808. The summed E-state index contributed by atoms with van der Waals surface area (Å²) in [6.07, 6.45) is 2.24. The minimum atomic E-state index is 0.318. The van der Waals surface area contributed by atoms with Crippen LogP contribution in [0, 0.1) is 5.92 Å². The van der Waals surface area contributed by atoms with Crippen LogP contribution in [0.2, 0.25) is 5.02 Å². The maximum absolute atomic E-state index is 6.17. The molecule has 18 heavy (non-hydrogen) atoms. The van der Waals surface area contributed by atoms with Crippen molar-refractivity contribution < 1.29 is 0 Å². The third-order valence-corrected chi connectivity index (χ3v) is 4.02. The molecule has 1 saturated heterocycles. The fraction of sp³-hybridized carbons (Fsp3) is 0.600. The Balaban J connectivity index is 1.98. The summed E-state index contributed by atoms with van der Waals surface area (Å²) >= 11 is 5.91. The van der Waals surface area contributed by atoms with Crippen LogP contribution >= 0.6 is 11.6 Å². The molecule has 1 heterocycles. The van der Waals surface area contributed by atoms with Gasteiger partial charge in [-0.2, -0.15) is 0 Å². The highest BCUT2D eigenvalue weighted by Crippen LogP contribution is 2.22. The van der Waals surface area contributed by atoms with E-state index >= 15 is 0 Å². The first-order chi connectivity index (χ1) is 8.54. The molecule has 3 heteroatoms. The summed E-state index contributed by atoms with van der Waals surface area (Å²) in [6, 6.07) is 9.10. The van der Waals surface area contributed by atoms with E-state index < -0.39 is 0 Å². The monoisotopic (exact) mass is 266 g/mol. The standard InChI is InChI=1S/C15H23ClN2/c1-11(2)18-9-13(8-15(17)10-18)7-12-3-5-14(16)6-4-12/h3-6,11,13,15H,7-10,17H2,1-2H3. The van der Waals surface area contributed by atoms with Gasteiger partial charge in [0.05, 0.1) is 0 Å². The van der Waals surface area contributed by atoms with Crippen molar-refractivity contribution in [3.05, 3.63) is 34.9 Å². The average molecular weight is 267 g/mol. The van der Waals surface area contributed by atoms with Crippen LogP contribution in [-0.2, 0) is 6.42 Å². The number of benzene rings is 1. The molecule has 1 aliphatic heterocycles. The Kier molecular flexibility index (Phi) is 4.66. The lowest BCUT2D eigenvalue weighted by atomic mass is 9.88. The Hall–Kier alpha value is -0.570. The van der Waals surface area contributed by atoms with Gasteiger partial charge in [-0.1, -0.05) is 23.7 Å². The number of nitrogens with two attached hydrogens (primary N) is 1. The van der Waals surface area contributed by atoms with Crippen LogP contribution in [0.3, 0.4) is 0 Å². The zero-order chi connectivity index (χ0) is 13.1.